The molecule has 1 unspecified atom stereocenters. The quantitative estimate of drug-likeness (QED) is 0.275. The molecule has 0 aromatic heterocycles. The maximum absolute atomic E-state index is 10.7. The summed E-state index contributed by atoms with van der Waals surface area (Å²) >= 11 is 5.74. The van der Waals surface area contributed by atoms with E-state index >= 15 is 0 Å². The van der Waals surface area contributed by atoms with Gasteiger partial charge in [-0.25, -0.2) is 4.79 Å². The zero-order valence-electron chi connectivity index (χ0n) is 8.09. The van der Waals surface area contributed by atoms with Crippen molar-refractivity contribution >= 4 is 17.6 Å². The van der Waals surface area contributed by atoms with Gasteiger partial charge < -0.3 is 4.74 Å². The summed E-state index contributed by atoms with van der Waals surface area (Å²) in [6.07, 6.45) is 6.40. The maximum Gasteiger partial charge on any atom is 0.331 e. The van der Waals surface area contributed by atoms with E-state index in [1.807, 2.05) is 0 Å². The van der Waals surface area contributed by atoms with Crippen molar-refractivity contribution in [1.29, 1.82) is 0 Å². The molecule has 0 fully saturated rings. The minimum absolute atomic E-state index is 0.449. The van der Waals surface area contributed by atoms with Crippen LogP contribution in [-0.4, -0.2) is 11.5 Å². The van der Waals surface area contributed by atoms with Crippen molar-refractivity contribution in [3.05, 3.63) is 12.7 Å². The fourth-order valence-corrected chi connectivity index (χ4v) is 1.21. The summed E-state index contributed by atoms with van der Waals surface area (Å²) in [5.74, 6) is -0.449. The first kappa shape index (κ1) is 12.5. The van der Waals surface area contributed by atoms with Gasteiger partial charge in [0, 0.05) is 6.08 Å². The van der Waals surface area contributed by atoms with Crippen molar-refractivity contribution in [3.8, 4) is 0 Å². The van der Waals surface area contributed by atoms with E-state index in [1.165, 1.54) is 12.8 Å². The van der Waals surface area contributed by atoms with Crippen molar-refractivity contribution < 1.29 is 9.53 Å². The van der Waals surface area contributed by atoms with E-state index in [4.69, 9.17) is 16.3 Å². The zero-order valence-corrected chi connectivity index (χ0v) is 8.85. The van der Waals surface area contributed by atoms with Gasteiger partial charge >= 0.3 is 5.97 Å². The lowest BCUT2D eigenvalue weighted by atomic mass is 10.2. The van der Waals surface area contributed by atoms with E-state index in [0.717, 1.165) is 25.3 Å². The summed E-state index contributed by atoms with van der Waals surface area (Å²) in [6.45, 7) is 5.44. The normalized spacial score (nSPS) is 12.2. The van der Waals surface area contributed by atoms with Crippen molar-refractivity contribution in [2.45, 2.75) is 44.6 Å². The molecule has 0 heterocycles. The number of esters is 1. The molecule has 0 aromatic rings. The Morgan fingerprint density at radius 1 is 1.54 bits per heavy atom. The molecule has 3 heteroatoms. The summed E-state index contributed by atoms with van der Waals surface area (Å²) < 4.78 is 4.79. The second-order valence-corrected chi connectivity index (χ2v) is 3.39. The lowest BCUT2D eigenvalue weighted by molar-refractivity contribution is -0.139. The van der Waals surface area contributed by atoms with Crippen LogP contribution in [-0.2, 0) is 9.53 Å². The highest BCUT2D eigenvalue weighted by atomic mass is 35.5. The first-order valence-corrected chi connectivity index (χ1v) is 5.11. The lowest BCUT2D eigenvalue weighted by Crippen LogP contribution is -2.09. The molecule has 1 atom stereocenters. The summed E-state index contributed by atoms with van der Waals surface area (Å²) in [5, 5.41) is 0. The molecule has 0 radical (unpaired) electrons. The molecule has 0 N–H and O–H groups in total. The molecule has 2 nitrogen and oxygen atoms in total. The van der Waals surface area contributed by atoms with Crippen LogP contribution in [0.25, 0.3) is 0 Å². The molecule has 13 heavy (non-hydrogen) atoms. The summed E-state index contributed by atoms with van der Waals surface area (Å²) in [4.78, 5) is 10.7. The predicted molar refractivity (Wildman–Crippen MR) is 54.7 cm³/mol. The number of rotatable bonds is 7. The molecule has 76 valence electrons. The molecule has 0 aliphatic rings. The van der Waals surface area contributed by atoms with Gasteiger partial charge in [0.25, 0.3) is 0 Å². The molecule has 0 bridgehead atoms. The smallest absolute Gasteiger partial charge is 0.331 e. The second-order valence-electron chi connectivity index (χ2n) is 2.90. The van der Waals surface area contributed by atoms with Gasteiger partial charge in [0.1, 0.15) is 0 Å². The highest BCUT2D eigenvalue weighted by Gasteiger charge is 2.07. The number of carbonyl (C=O) groups is 1. The van der Waals surface area contributed by atoms with Crippen LogP contribution >= 0.6 is 11.6 Å². The van der Waals surface area contributed by atoms with Crippen LogP contribution in [0.3, 0.4) is 0 Å². The molecular weight excluding hydrogens is 188 g/mol. The number of unbranched alkanes of at least 4 members (excludes halogenated alkanes) is 3. The third-order valence-electron chi connectivity index (χ3n) is 1.70. The molecular formula is C10H17ClO2. The van der Waals surface area contributed by atoms with Crippen molar-refractivity contribution in [1.82, 2.24) is 0 Å². The largest absolute Gasteiger partial charge is 0.443 e. The van der Waals surface area contributed by atoms with Crippen LogP contribution < -0.4 is 0 Å². The molecule has 0 saturated heterocycles. The number of carbonyl (C=O) groups excluding carboxylic acids is 1. The Balaban J connectivity index is 3.34. The van der Waals surface area contributed by atoms with Crippen LogP contribution in [0.1, 0.15) is 39.0 Å². The Morgan fingerprint density at radius 3 is 2.77 bits per heavy atom. The highest BCUT2D eigenvalue weighted by molar-refractivity contribution is 6.20. The molecule has 0 saturated carbocycles. The molecule has 0 aliphatic carbocycles. The summed E-state index contributed by atoms with van der Waals surface area (Å²) in [6, 6.07) is 0. The molecule has 0 rings (SSSR count). The van der Waals surface area contributed by atoms with Crippen LogP contribution in [0.15, 0.2) is 12.7 Å². The number of alkyl halides is 1. The molecule has 0 aromatic carbocycles. The Labute approximate surface area is 84.9 Å². The van der Waals surface area contributed by atoms with E-state index in [2.05, 4.69) is 13.5 Å². The van der Waals surface area contributed by atoms with E-state index < -0.39 is 11.5 Å². The van der Waals surface area contributed by atoms with Crippen molar-refractivity contribution in [3.63, 3.8) is 0 Å². The lowest BCUT2D eigenvalue weighted by Gasteiger charge is -2.08. The van der Waals surface area contributed by atoms with E-state index in [1.54, 1.807) is 0 Å². The first-order chi connectivity index (χ1) is 6.20. The number of ether oxygens (including phenoxy) is 1. The fraction of sp³-hybridized carbons (Fsp3) is 0.700. The second kappa shape index (κ2) is 8.11. The predicted octanol–water partition coefficient (Wildman–Crippen LogP) is 3.25. The average molecular weight is 205 g/mol. The monoisotopic (exact) mass is 204 g/mol. The first-order valence-electron chi connectivity index (χ1n) is 4.67. The number of hydrogen-bond donors (Lipinski definition) is 0. The van der Waals surface area contributed by atoms with Gasteiger partial charge in [0.2, 0.25) is 0 Å². The van der Waals surface area contributed by atoms with E-state index in [0.29, 0.717) is 0 Å². The van der Waals surface area contributed by atoms with E-state index in [9.17, 15) is 4.79 Å². The van der Waals surface area contributed by atoms with Gasteiger partial charge in [-0.2, -0.15) is 0 Å². The van der Waals surface area contributed by atoms with Gasteiger partial charge in [-0.15, -0.1) is 0 Å². The van der Waals surface area contributed by atoms with Gasteiger partial charge in [-0.3, -0.25) is 0 Å². The molecule has 0 aliphatic heterocycles. The van der Waals surface area contributed by atoms with Crippen LogP contribution in [0.4, 0.5) is 0 Å². The standard InChI is InChI=1S/C10H17ClO2/c1-3-5-6-7-8-9(11)13-10(12)4-2/h4,9H,2-3,5-8H2,1H3. The Morgan fingerprint density at radius 2 is 2.23 bits per heavy atom. The minimum atomic E-state index is -0.498. The Bertz CT molecular complexity index is 157. The van der Waals surface area contributed by atoms with Gasteiger partial charge in [0.15, 0.2) is 5.56 Å². The van der Waals surface area contributed by atoms with Gasteiger partial charge in [0.05, 0.1) is 0 Å². The zero-order chi connectivity index (χ0) is 10.1. The Kier molecular flexibility index (Phi) is 7.80. The molecule has 0 amide bonds. The van der Waals surface area contributed by atoms with E-state index in [-0.39, 0.29) is 0 Å². The highest BCUT2D eigenvalue weighted by Crippen LogP contribution is 2.11. The van der Waals surface area contributed by atoms with Gasteiger partial charge in [-0.1, -0.05) is 44.4 Å². The van der Waals surface area contributed by atoms with Crippen molar-refractivity contribution in [2.24, 2.45) is 0 Å². The van der Waals surface area contributed by atoms with Crippen LogP contribution in [0.2, 0.25) is 0 Å². The van der Waals surface area contributed by atoms with Crippen LogP contribution in [0.5, 0.6) is 0 Å². The maximum atomic E-state index is 10.7. The SMILES string of the molecule is C=CC(=O)OC(Cl)CCCCCC. The summed E-state index contributed by atoms with van der Waals surface area (Å²) in [7, 11) is 0. The molecule has 0 spiro atoms. The van der Waals surface area contributed by atoms with Gasteiger partial charge in [-0.05, 0) is 12.8 Å². The number of hydrogen-bond acceptors (Lipinski definition) is 2. The van der Waals surface area contributed by atoms with Crippen LogP contribution in [0, 0.1) is 0 Å². The topological polar surface area (TPSA) is 26.3 Å². The average Bonchev–Trinajstić information content (AvgIpc) is 2.12. The third-order valence-corrected chi connectivity index (χ3v) is 2.00. The Hall–Kier alpha value is -0.500. The minimum Gasteiger partial charge on any atom is -0.443 e. The summed E-state index contributed by atoms with van der Waals surface area (Å²) in [5.41, 5.74) is -0.498. The van der Waals surface area contributed by atoms with Crippen molar-refractivity contribution in [2.75, 3.05) is 0 Å². The fourth-order valence-electron chi connectivity index (χ4n) is 0.965. The number of halogens is 1. The third kappa shape index (κ3) is 7.85.